The van der Waals surface area contributed by atoms with Gasteiger partial charge in [0.15, 0.2) is 0 Å². The van der Waals surface area contributed by atoms with Crippen molar-refractivity contribution in [3.63, 3.8) is 0 Å². The SMILES string of the molecule is C[C@@H]1CC(=O)N(C[C@@H]2c3c(OCc4nnn(C)c4C(F)F)ccc(Cl)c3CCN2C(=O)C2CCCC[C@]2(C)C(=O)O)C1. The first-order valence-electron chi connectivity index (χ1n) is 14.3. The summed E-state index contributed by atoms with van der Waals surface area (Å²) in [4.78, 5) is 43.0. The lowest BCUT2D eigenvalue weighted by molar-refractivity contribution is -0.162. The summed E-state index contributed by atoms with van der Waals surface area (Å²) >= 11 is 6.66. The monoisotopic (exact) mass is 607 g/mol. The van der Waals surface area contributed by atoms with E-state index in [0.717, 1.165) is 23.1 Å². The van der Waals surface area contributed by atoms with Crippen LogP contribution < -0.4 is 4.74 Å². The van der Waals surface area contributed by atoms with Crippen molar-refractivity contribution in [2.45, 2.75) is 71.4 Å². The Hall–Kier alpha value is -3.28. The van der Waals surface area contributed by atoms with E-state index < -0.39 is 29.8 Å². The van der Waals surface area contributed by atoms with Crippen LogP contribution in [-0.2, 0) is 34.5 Å². The number of fused-ring (bicyclic) bond motifs is 1. The van der Waals surface area contributed by atoms with Crippen LogP contribution in [0.4, 0.5) is 8.78 Å². The Morgan fingerprint density at radius 2 is 2.05 bits per heavy atom. The third-order valence-electron chi connectivity index (χ3n) is 9.17. The van der Waals surface area contributed by atoms with Gasteiger partial charge < -0.3 is 19.6 Å². The summed E-state index contributed by atoms with van der Waals surface area (Å²) in [5.74, 6) is -1.53. The zero-order chi connectivity index (χ0) is 30.3. The van der Waals surface area contributed by atoms with Gasteiger partial charge >= 0.3 is 5.97 Å². The standard InChI is InChI=1S/C29H36ClF2N5O5/c1-16-12-23(38)36(13-16)14-21-24-17(9-11-37(21)27(39)18-6-4-5-10-29(18,2)28(40)41)19(30)7-8-22(24)42-15-20-25(26(31)32)35(3)34-33-20/h7-8,16,18,21,26H,4-6,9-15H2,1-3H3,(H,40,41)/t16-,18?,21-,29+/m1/s1. The van der Waals surface area contributed by atoms with Crippen LogP contribution in [0.3, 0.4) is 0 Å². The minimum absolute atomic E-state index is 0.0144. The van der Waals surface area contributed by atoms with E-state index in [1.54, 1.807) is 28.9 Å². The van der Waals surface area contributed by atoms with Gasteiger partial charge in [0.25, 0.3) is 6.43 Å². The second-order valence-electron chi connectivity index (χ2n) is 12.0. The normalized spacial score (nSPS) is 26.1. The van der Waals surface area contributed by atoms with Crippen molar-refractivity contribution in [1.29, 1.82) is 0 Å². The van der Waals surface area contributed by atoms with Gasteiger partial charge in [-0.2, -0.15) is 0 Å². The molecular weight excluding hydrogens is 572 g/mol. The Bertz CT molecular complexity index is 1390. The fourth-order valence-corrected chi connectivity index (χ4v) is 7.08. The van der Waals surface area contributed by atoms with Crippen LogP contribution in [-0.4, -0.2) is 67.3 Å². The van der Waals surface area contributed by atoms with Crippen LogP contribution in [0.25, 0.3) is 0 Å². The van der Waals surface area contributed by atoms with Gasteiger partial charge in [0.1, 0.15) is 23.7 Å². The molecule has 3 heterocycles. The maximum absolute atomic E-state index is 14.3. The van der Waals surface area contributed by atoms with E-state index in [2.05, 4.69) is 10.3 Å². The van der Waals surface area contributed by atoms with Crippen molar-refractivity contribution < 1.29 is 33.0 Å². The molecule has 1 aromatic carbocycles. The maximum Gasteiger partial charge on any atom is 0.310 e. The fourth-order valence-electron chi connectivity index (χ4n) is 6.82. The zero-order valence-corrected chi connectivity index (χ0v) is 24.7. The molecule has 4 atom stereocenters. The maximum atomic E-state index is 14.3. The van der Waals surface area contributed by atoms with Crippen molar-refractivity contribution in [3.05, 3.63) is 39.7 Å². The van der Waals surface area contributed by atoms with Gasteiger partial charge in [0.2, 0.25) is 11.8 Å². The molecule has 3 aliphatic rings. The molecule has 0 spiro atoms. The van der Waals surface area contributed by atoms with E-state index >= 15 is 0 Å². The van der Waals surface area contributed by atoms with Crippen LogP contribution in [0.2, 0.25) is 5.02 Å². The predicted octanol–water partition coefficient (Wildman–Crippen LogP) is 4.56. The number of benzene rings is 1. The molecule has 1 aromatic heterocycles. The number of halogens is 3. The van der Waals surface area contributed by atoms with Crippen LogP contribution in [0.5, 0.6) is 5.75 Å². The Kier molecular flexibility index (Phi) is 8.46. The molecule has 1 N–H and O–H groups in total. The summed E-state index contributed by atoms with van der Waals surface area (Å²) in [6.07, 6.45) is 0.333. The largest absolute Gasteiger partial charge is 0.487 e. The molecule has 1 unspecified atom stereocenters. The van der Waals surface area contributed by atoms with Crippen molar-refractivity contribution in [1.82, 2.24) is 24.8 Å². The van der Waals surface area contributed by atoms with Gasteiger partial charge in [-0.1, -0.05) is 36.6 Å². The summed E-state index contributed by atoms with van der Waals surface area (Å²) in [7, 11) is 1.38. The number of rotatable bonds is 8. The molecule has 42 heavy (non-hydrogen) atoms. The molecule has 1 saturated carbocycles. The first-order valence-corrected chi connectivity index (χ1v) is 14.7. The summed E-state index contributed by atoms with van der Waals surface area (Å²) in [6.45, 7) is 4.34. The van der Waals surface area contributed by atoms with Crippen molar-refractivity contribution in [2.24, 2.45) is 24.3 Å². The lowest BCUT2D eigenvalue weighted by atomic mass is 9.66. The molecule has 10 nitrogen and oxygen atoms in total. The highest BCUT2D eigenvalue weighted by Gasteiger charge is 2.50. The van der Waals surface area contributed by atoms with E-state index in [1.165, 1.54) is 7.05 Å². The Balaban J connectivity index is 1.54. The number of ether oxygens (including phenoxy) is 1. The van der Waals surface area contributed by atoms with Gasteiger partial charge in [-0.05, 0) is 49.8 Å². The van der Waals surface area contributed by atoms with Crippen molar-refractivity contribution in [2.75, 3.05) is 19.6 Å². The molecule has 2 fully saturated rings. The summed E-state index contributed by atoms with van der Waals surface area (Å²) in [6, 6.07) is 2.64. The topological polar surface area (TPSA) is 118 Å². The Labute approximate surface area is 247 Å². The highest BCUT2D eigenvalue weighted by molar-refractivity contribution is 6.31. The number of alkyl halides is 2. The van der Waals surface area contributed by atoms with Gasteiger partial charge in [0, 0.05) is 43.7 Å². The third kappa shape index (κ3) is 5.45. The lowest BCUT2D eigenvalue weighted by Gasteiger charge is -2.45. The number of hydrogen-bond acceptors (Lipinski definition) is 6. The average molecular weight is 608 g/mol. The second kappa shape index (κ2) is 11.8. The summed E-state index contributed by atoms with van der Waals surface area (Å²) < 4.78 is 34.5. The van der Waals surface area contributed by atoms with Gasteiger partial charge in [-0.3, -0.25) is 14.4 Å². The lowest BCUT2D eigenvalue weighted by Crippen LogP contribution is -2.52. The molecule has 2 aromatic rings. The van der Waals surface area contributed by atoms with E-state index in [1.807, 2.05) is 6.92 Å². The van der Waals surface area contributed by atoms with Crippen molar-refractivity contribution in [3.8, 4) is 5.75 Å². The zero-order valence-electron chi connectivity index (χ0n) is 24.0. The van der Waals surface area contributed by atoms with Gasteiger partial charge in [-0.15, -0.1) is 5.10 Å². The smallest absolute Gasteiger partial charge is 0.310 e. The highest BCUT2D eigenvalue weighted by Crippen LogP contribution is 2.46. The molecule has 2 aliphatic heterocycles. The molecule has 1 saturated heterocycles. The molecule has 5 rings (SSSR count). The third-order valence-corrected chi connectivity index (χ3v) is 9.52. The number of aromatic nitrogens is 3. The number of hydrogen-bond donors (Lipinski definition) is 1. The average Bonchev–Trinajstić information content (AvgIpc) is 3.47. The molecular formula is C29H36ClF2N5O5. The Morgan fingerprint density at radius 1 is 1.29 bits per heavy atom. The number of amides is 2. The predicted molar refractivity (Wildman–Crippen MR) is 148 cm³/mol. The quantitative estimate of drug-likeness (QED) is 0.467. The van der Waals surface area contributed by atoms with Crippen molar-refractivity contribution >= 4 is 29.4 Å². The fraction of sp³-hybridized carbons (Fsp3) is 0.621. The number of aliphatic carboxylic acids is 1. The molecule has 2 amide bonds. The number of carboxylic acid groups (broad SMARTS) is 1. The first-order chi connectivity index (χ1) is 19.9. The van der Waals surface area contributed by atoms with Gasteiger partial charge in [0.05, 0.1) is 17.4 Å². The number of carbonyl (C=O) groups is 3. The molecule has 0 radical (unpaired) electrons. The first kappa shape index (κ1) is 30.2. The van der Waals surface area contributed by atoms with E-state index in [4.69, 9.17) is 16.3 Å². The highest BCUT2D eigenvalue weighted by atomic mass is 35.5. The van der Waals surface area contributed by atoms with Crippen LogP contribution >= 0.6 is 11.6 Å². The number of carbonyl (C=O) groups excluding carboxylic acids is 2. The van der Waals surface area contributed by atoms with E-state index in [0.29, 0.717) is 55.1 Å². The number of nitrogens with zero attached hydrogens (tertiary/aromatic N) is 5. The Morgan fingerprint density at radius 3 is 2.71 bits per heavy atom. The van der Waals surface area contributed by atoms with Crippen LogP contribution in [0.15, 0.2) is 12.1 Å². The van der Waals surface area contributed by atoms with E-state index in [9.17, 15) is 28.3 Å². The second-order valence-corrected chi connectivity index (χ2v) is 12.4. The molecule has 228 valence electrons. The molecule has 1 aliphatic carbocycles. The number of carboxylic acids is 1. The van der Waals surface area contributed by atoms with Crippen LogP contribution in [0, 0.1) is 17.3 Å². The van der Waals surface area contributed by atoms with E-state index in [-0.39, 0.29) is 42.3 Å². The molecule has 13 heteroatoms. The molecule has 0 bridgehead atoms. The minimum Gasteiger partial charge on any atom is -0.487 e. The summed E-state index contributed by atoms with van der Waals surface area (Å²) in [5.41, 5.74) is -0.221. The summed E-state index contributed by atoms with van der Waals surface area (Å²) in [5, 5.41) is 18.1. The number of likely N-dealkylation sites (tertiary alicyclic amines) is 1. The van der Waals surface area contributed by atoms with Gasteiger partial charge in [-0.25, -0.2) is 13.5 Å². The number of aryl methyl sites for hydroxylation is 1. The van der Waals surface area contributed by atoms with Crippen LogP contribution in [0.1, 0.15) is 80.9 Å². The minimum atomic E-state index is -2.80.